The van der Waals surface area contributed by atoms with Gasteiger partial charge in [0.15, 0.2) is 11.6 Å². The molecule has 27 heavy (non-hydrogen) atoms. The lowest BCUT2D eigenvalue weighted by Gasteiger charge is -2.60. The average Bonchev–Trinajstić information content (AvgIpc) is 2.82. The molecule has 0 aromatic heterocycles. The highest BCUT2D eigenvalue weighted by atomic mass is 16.3. The zero-order valence-electron chi connectivity index (χ0n) is 16.6. The summed E-state index contributed by atoms with van der Waals surface area (Å²) in [6.07, 6.45) is 5.32. The molecule has 4 aliphatic carbocycles. The molecule has 3 fully saturated rings. The van der Waals surface area contributed by atoms with Gasteiger partial charge in [-0.2, -0.15) is 0 Å². The van der Waals surface area contributed by atoms with Crippen molar-refractivity contribution in [3.05, 3.63) is 11.6 Å². The van der Waals surface area contributed by atoms with Crippen LogP contribution in [0, 0.1) is 34.5 Å². The monoisotopic (exact) mass is 376 g/mol. The van der Waals surface area contributed by atoms with Gasteiger partial charge in [0, 0.05) is 11.8 Å². The molecule has 8 atom stereocenters. The molecule has 0 saturated heterocycles. The largest absolute Gasteiger partial charge is 0.393 e. The van der Waals surface area contributed by atoms with Crippen LogP contribution >= 0.6 is 0 Å². The molecule has 0 aromatic rings. The first kappa shape index (κ1) is 19.3. The van der Waals surface area contributed by atoms with E-state index in [9.17, 15) is 24.9 Å². The van der Waals surface area contributed by atoms with Crippen molar-refractivity contribution in [3.8, 4) is 0 Å². The first-order chi connectivity index (χ1) is 12.6. The molecule has 0 bridgehead atoms. The maximum absolute atomic E-state index is 12.6. The van der Waals surface area contributed by atoms with Gasteiger partial charge in [-0.25, -0.2) is 0 Å². The molecule has 3 N–H and O–H groups in total. The van der Waals surface area contributed by atoms with Gasteiger partial charge in [-0.15, -0.1) is 0 Å². The van der Waals surface area contributed by atoms with Gasteiger partial charge < -0.3 is 15.3 Å². The highest BCUT2D eigenvalue weighted by Gasteiger charge is 2.70. The van der Waals surface area contributed by atoms with Gasteiger partial charge in [0.2, 0.25) is 0 Å². The van der Waals surface area contributed by atoms with Crippen LogP contribution in [-0.2, 0) is 9.59 Å². The Kier molecular flexibility index (Phi) is 4.27. The number of carbonyl (C=O) groups is 2. The van der Waals surface area contributed by atoms with Crippen LogP contribution in [0.25, 0.3) is 0 Å². The molecule has 5 nitrogen and oxygen atoms in total. The Bertz CT molecular complexity index is 713. The van der Waals surface area contributed by atoms with E-state index >= 15 is 0 Å². The van der Waals surface area contributed by atoms with E-state index in [-0.39, 0.29) is 34.9 Å². The van der Waals surface area contributed by atoms with Gasteiger partial charge in [-0.1, -0.05) is 26.3 Å². The molecule has 0 heterocycles. The number of hydrogen-bond acceptors (Lipinski definition) is 5. The van der Waals surface area contributed by atoms with E-state index < -0.39 is 29.5 Å². The second-order valence-electron chi connectivity index (χ2n) is 10.1. The third-order valence-electron chi connectivity index (χ3n) is 9.05. The van der Waals surface area contributed by atoms with Gasteiger partial charge in [0.05, 0.1) is 6.10 Å². The SMILES string of the molecule is C[C@@H]1C[C@@H]2[C@@H]3CCC4=CC(=O)CC[C@]4(C)[C@@H]3[C@H](O)C[C@]2(C)[C@@]1(O)C(=O)CO. The van der Waals surface area contributed by atoms with Crippen LogP contribution in [0.3, 0.4) is 0 Å². The lowest BCUT2D eigenvalue weighted by atomic mass is 9.45. The molecule has 150 valence electrons. The number of allylic oxidation sites excluding steroid dienone is 1. The van der Waals surface area contributed by atoms with Gasteiger partial charge in [0.1, 0.15) is 12.2 Å². The van der Waals surface area contributed by atoms with Crippen LogP contribution in [0.1, 0.15) is 59.3 Å². The predicted octanol–water partition coefficient (Wildman–Crippen LogP) is 2.03. The summed E-state index contributed by atoms with van der Waals surface area (Å²) in [5.74, 6) is -0.155. The molecule has 4 aliphatic rings. The van der Waals surface area contributed by atoms with Crippen LogP contribution in [0.15, 0.2) is 11.6 Å². The van der Waals surface area contributed by atoms with Crippen molar-refractivity contribution < 1.29 is 24.9 Å². The van der Waals surface area contributed by atoms with E-state index in [4.69, 9.17) is 0 Å². The number of aliphatic hydroxyl groups is 3. The number of carbonyl (C=O) groups excluding carboxylic acids is 2. The van der Waals surface area contributed by atoms with Crippen molar-refractivity contribution in [2.24, 2.45) is 34.5 Å². The first-order valence-corrected chi connectivity index (χ1v) is 10.4. The summed E-state index contributed by atoms with van der Waals surface area (Å²) in [5.41, 5.74) is -1.31. The molecular formula is C22H32O5. The standard InChI is InChI=1S/C22H32O5/c1-12-8-16-15-5-4-13-9-14(24)6-7-20(13,2)19(15)17(25)10-21(16,3)22(12,27)18(26)11-23/h9,12,15-17,19,23,25,27H,4-8,10-11H2,1-3H3/t12-,15+,16-,17-,19+,20+,21+,22+/m1/s1. The minimum atomic E-state index is -1.59. The topological polar surface area (TPSA) is 94.8 Å². The zero-order valence-corrected chi connectivity index (χ0v) is 16.6. The maximum Gasteiger partial charge on any atom is 0.190 e. The summed E-state index contributed by atoms with van der Waals surface area (Å²) in [7, 11) is 0. The minimum absolute atomic E-state index is 0.0578. The summed E-state index contributed by atoms with van der Waals surface area (Å²) >= 11 is 0. The summed E-state index contributed by atoms with van der Waals surface area (Å²) in [5, 5.41) is 32.2. The van der Waals surface area contributed by atoms with Crippen molar-refractivity contribution in [2.75, 3.05) is 6.61 Å². The number of aliphatic hydroxyl groups excluding tert-OH is 2. The normalized spacial score (nSPS) is 51.9. The third-order valence-corrected chi connectivity index (χ3v) is 9.05. The molecule has 0 amide bonds. The number of Topliss-reactive ketones (excluding diaryl/α,β-unsaturated/α-hetero) is 1. The highest BCUT2D eigenvalue weighted by molar-refractivity contribution is 5.92. The van der Waals surface area contributed by atoms with Gasteiger partial charge in [-0.3, -0.25) is 9.59 Å². The maximum atomic E-state index is 12.6. The highest BCUT2D eigenvalue weighted by Crippen LogP contribution is 2.68. The van der Waals surface area contributed by atoms with Crippen LogP contribution in [0.5, 0.6) is 0 Å². The van der Waals surface area contributed by atoms with Crippen LogP contribution < -0.4 is 0 Å². The molecule has 4 rings (SSSR count). The molecule has 3 saturated carbocycles. The smallest absolute Gasteiger partial charge is 0.190 e. The zero-order chi connectivity index (χ0) is 19.8. The van der Waals surface area contributed by atoms with E-state index in [0.717, 1.165) is 25.7 Å². The summed E-state index contributed by atoms with van der Waals surface area (Å²) in [6.45, 7) is 5.36. The molecule has 0 spiro atoms. The quantitative estimate of drug-likeness (QED) is 0.685. The molecular weight excluding hydrogens is 344 g/mol. The lowest BCUT2D eigenvalue weighted by Crippen LogP contribution is -2.63. The summed E-state index contributed by atoms with van der Waals surface area (Å²) in [4.78, 5) is 24.5. The van der Waals surface area contributed by atoms with Crippen molar-refractivity contribution in [2.45, 2.75) is 71.0 Å². The van der Waals surface area contributed by atoms with Gasteiger partial charge >= 0.3 is 0 Å². The van der Waals surface area contributed by atoms with Gasteiger partial charge in [0.25, 0.3) is 0 Å². The number of ketones is 2. The number of hydrogen-bond donors (Lipinski definition) is 3. The second kappa shape index (κ2) is 5.98. The molecule has 0 unspecified atom stereocenters. The second-order valence-corrected chi connectivity index (χ2v) is 10.1. The molecule has 5 heteroatoms. The average molecular weight is 376 g/mol. The Labute approximate surface area is 160 Å². The van der Waals surface area contributed by atoms with Crippen molar-refractivity contribution in [1.82, 2.24) is 0 Å². The van der Waals surface area contributed by atoms with E-state index in [1.165, 1.54) is 5.57 Å². The van der Waals surface area contributed by atoms with E-state index in [1.807, 2.05) is 19.9 Å². The Balaban J connectivity index is 1.77. The fourth-order valence-electron chi connectivity index (χ4n) is 7.74. The molecule has 0 radical (unpaired) electrons. The fraction of sp³-hybridized carbons (Fsp3) is 0.818. The summed E-state index contributed by atoms with van der Waals surface area (Å²) < 4.78 is 0. The minimum Gasteiger partial charge on any atom is -0.393 e. The third kappa shape index (κ3) is 2.28. The van der Waals surface area contributed by atoms with Crippen LogP contribution in [0.2, 0.25) is 0 Å². The van der Waals surface area contributed by atoms with Crippen molar-refractivity contribution in [3.63, 3.8) is 0 Å². The Morgan fingerprint density at radius 1 is 1.30 bits per heavy atom. The Hall–Kier alpha value is -1.04. The number of fused-ring (bicyclic) bond motifs is 5. The van der Waals surface area contributed by atoms with Crippen molar-refractivity contribution >= 4 is 11.6 Å². The number of rotatable bonds is 2. The fourth-order valence-corrected chi connectivity index (χ4v) is 7.74. The van der Waals surface area contributed by atoms with Crippen molar-refractivity contribution in [1.29, 1.82) is 0 Å². The van der Waals surface area contributed by atoms with Crippen LogP contribution in [0.4, 0.5) is 0 Å². The predicted molar refractivity (Wildman–Crippen MR) is 99.7 cm³/mol. The summed E-state index contributed by atoms with van der Waals surface area (Å²) in [6, 6.07) is 0. The Morgan fingerprint density at radius 2 is 2.00 bits per heavy atom. The molecule has 0 aliphatic heterocycles. The van der Waals surface area contributed by atoms with Crippen LogP contribution in [-0.4, -0.2) is 45.2 Å². The first-order valence-electron chi connectivity index (χ1n) is 10.4. The van der Waals surface area contributed by atoms with E-state index in [2.05, 4.69) is 6.92 Å². The van der Waals surface area contributed by atoms with E-state index in [0.29, 0.717) is 12.8 Å². The Morgan fingerprint density at radius 3 is 2.67 bits per heavy atom. The molecule has 0 aromatic carbocycles. The lowest BCUT2D eigenvalue weighted by molar-refractivity contribution is -0.187. The van der Waals surface area contributed by atoms with Gasteiger partial charge in [-0.05, 0) is 67.3 Å². The van der Waals surface area contributed by atoms with E-state index in [1.54, 1.807) is 0 Å².